The summed E-state index contributed by atoms with van der Waals surface area (Å²) < 4.78 is 5.32. The lowest BCUT2D eigenvalue weighted by atomic mass is 9.67. The topological polar surface area (TPSA) is 113 Å². The minimum Gasteiger partial charge on any atom is -0.469 e. The first kappa shape index (κ1) is 24.8. The summed E-state index contributed by atoms with van der Waals surface area (Å²) in [6.45, 7) is 3.05. The molecule has 1 saturated heterocycles. The van der Waals surface area contributed by atoms with E-state index in [2.05, 4.69) is 40.1 Å². The fourth-order valence-corrected chi connectivity index (χ4v) is 6.18. The molecule has 5 rings (SSSR count). The molecular formula is C28H31N5O4. The number of rotatable bonds is 5. The molecule has 1 aliphatic carbocycles. The van der Waals surface area contributed by atoms with Crippen molar-refractivity contribution in [2.45, 2.75) is 32.2 Å². The molecular weight excluding hydrogens is 470 g/mol. The minimum atomic E-state index is -0.425. The van der Waals surface area contributed by atoms with Crippen LogP contribution in [0.1, 0.15) is 36.6 Å². The lowest BCUT2D eigenvalue weighted by molar-refractivity contribution is -0.385. The van der Waals surface area contributed by atoms with Crippen LogP contribution in [0.25, 0.3) is 10.9 Å². The summed E-state index contributed by atoms with van der Waals surface area (Å²) in [6.07, 6.45) is 3.59. The maximum atomic E-state index is 13.2. The van der Waals surface area contributed by atoms with E-state index in [1.165, 1.54) is 19.4 Å². The molecule has 37 heavy (non-hydrogen) atoms. The Hall–Kier alpha value is -3.85. The predicted molar refractivity (Wildman–Crippen MR) is 143 cm³/mol. The zero-order valence-electron chi connectivity index (χ0n) is 21.3. The van der Waals surface area contributed by atoms with Gasteiger partial charge in [0.15, 0.2) is 0 Å². The summed E-state index contributed by atoms with van der Waals surface area (Å²) in [5, 5.41) is 21.5. The quantitative estimate of drug-likeness (QED) is 0.238. The number of methoxy groups -OCH3 is 1. The predicted octanol–water partition coefficient (Wildman–Crippen LogP) is 4.59. The summed E-state index contributed by atoms with van der Waals surface area (Å²) in [4.78, 5) is 30.1. The van der Waals surface area contributed by atoms with Crippen LogP contribution in [0.3, 0.4) is 0 Å². The van der Waals surface area contributed by atoms with Crippen molar-refractivity contribution in [1.82, 2.24) is 9.88 Å². The molecule has 0 unspecified atom stereocenters. The number of aromatic nitrogens is 1. The Balaban J connectivity index is 1.66. The van der Waals surface area contributed by atoms with Crippen molar-refractivity contribution in [3.05, 3.63) is 75.5 Å². The van der Waals surface area contributed by atoms with E-state index in [-0.39, 0.29) is 29.5 Å². The average molecular weight is 502 g/mol. The van der Waals surface area contributed by atoms with Gasteiger partial charge in [0.25, 0.3) is 5.69 Å². The van der Waals surface area contributed by atoms with Gasteiger partial charge in [0.2, 0.25) is 0 Å². The van der Waals surface area contributed by atoms with Crippen molar-refractivity contribution in [3.63, 3.8) is 0 Å². The van der Waals surface area contributed by atoms with Crippen LogP contribution in [0.15, 0.2) is 58.7 Å². The van der Waals surface area contributed by atoms with Gasteiger partial charge in [-0.3, -0.25) is 14.9 Å². The number of carbonyl (C=O) groups excluding carboxylic acids is 1. The highest BCUT2D eigenvalue weighted by Gasteiger charge is 2.48. The van der Waals surface area contributed by atoms with Gasteiger partial charge in [0.05, 0.1) is 41.1 Å². The molecule has 192 valence electrons. The van der Waals surface area contributed by atoms with Gasteiger partial charge in [0, 0.05) is 29.6 Å². The highest BCUT2D eigenvalue weighted by atomic mass is 16.6. The smallest absolute Gasteiger partial charge is 0.310 e. The zero-order chi connectivity index (χ0) is 26.1. The molecule has 9 nitrogen and oxygen atoms in total. The van der Waals surface area contributed by atoms with Crippen LogP contribution in [-0.2, 0) is 16.0 Å². The molecule has 1 N–H and O–H groups in total. The summed E-state index contributed by atoms with van der Waals surface area (Å²) >= 11 is 0. The van der Waals surface area contributed by atoms with E-state index < -0.39 is 4.92 Å². The van der Waals surface area contributed by atoms with Gasteiger partial charge >= 0.3 is 5.97 Å². The van der Waals surface area contributed by atoms with Gasteiger partial charge in [-0.25, -0.2) is 0 Å². The summed E-state index contributed by atoms with van der Waals surface area (Å²) in [7, 11) is 3.56. The number of likely N-dealkylation sites (N-methyl/N-ethyl adjacent to an activating group) is 1. The zero-order valence-corrected chi connectivity index (χ0v) is 21.3. The van der Waals surface area contributed by atoms with Crippen LogP contribution >= 0.6 is 0 Å². The highest BCUT2D eigenvalue weighted by Crippen LogP contribution is 2.43. The molecule has 1 fully saturated rings. The number of hydrogen-bond donors (Lipinski definition) is 1. The normalized spacial score (nSPS) is 25.1. The average Bonchev–Trinajstić information content (AvgIpc) is 3.26. The molecule has 1 aliphatic heterocycles. The lowest BCUT2D eigenvalue weighted by Crippen LogP contribution is -2.56. The number of nitro groups is 1. The van der Waals surface area contributed by atoms with Crippen molar-refractivity contribution in [3.8, 4) is 0 Å². The molecule has 0 radical (unpaired) electrons. The Labute approximate surface area is 215 Å². The third-order valence-corrected chi connectivity index (χ3v) is 8.02. The molecule has 0 amide bonds. The van der Waals surface area contributed by atoms with Gasteiger partial charge in [-0.2, -0.15) is 10.2 Å². The second kappa shape index (κ2) is 10.3. The maximum absolute atomic E-state index is 13.2. The number of piperidine rings is 1. The van der Waals surface area contributed by atoms with Crippen LogP contribution in [0.5, 0.6) is 0 Å². The van der Waals surface area contributed by atoms with E-state index in [0.29, 0.717) is 24.3 Å². The minimum absolute atomic E-state index is 0.00947. The van der Waals surface area contributed by atoms with E-state index in [1.54, 1.807) is 18.2 Å². The van der Waals surface area contributed by atoms with Gasteiger partial charge in [-0.05, 0) is 49.4 Å². The Morgan fingerprint density at radius 1 is 1.22 bits per heavy atom. The van der Waals surface area contributed by atoms with Crippen molar-refractivity contribution >= 4 is 34.5 Å². The molecule has 2 aromatic carbocycles. The van der Waals surface area contributed by atoms with Crippen LogP contribution in [0, 0.1) is 27.9 Å². The first-order valence-corrected chi connectivity index (χ1v) is 12.6. The van der Waals surface area contributed by atoms with E-state index in [1.807, 2.05) is 18.2 Å². The number of H-pyrrole nitrogens is 1. The molecule has 3 aromatic rings. The number of ether oxygens (including phenoxy) is 1. The van der Waals surface area contributed by atoms with Crippen LogP contribution in [0.4, 0.5) is 5.69 Å². The number of para-hydroxylation sites is 2. The van der Waals surface area contributed by atoms with Crippen LogP contribution in [0.2, 0.25) is 0 Å². The van der Waals surface area contributed by atoms with E-state index >= 15 is 0 Å². The number of fused-ring (bicyclic) bond motifs is 5. The van der Waals surface area contributed by atoms with Crippen molar-refractivity contribution in [2.24, 2.45) is 28.0 Å². The molecule has 1 aromatic heterocycles. The van der Waals surface area contributed by atoms with Gasteiger partial charge in [-0.1, -0.05) is 43.7 Å². The Morgan fingerprint density at radius 2 is 1.97 bits per heavy atom. The van der Waals surface area contributed by atoms with Gasteiger partial charge < -0.3 is 14.6 Å². The Kier molecular flexibility index (Phi) is 6.88. The molecule has 2 bridgehead atoms. The number of carbonyl (C=O) groups is 1. The standard InChI is InChI=1S/C28H31N5O4/c1-4-17-16-32(2)25-14-21-19-10-6-7-11-22(19)30-27(21)23(13-20(17)26(25)28(34)37-3)31-29-15-18-9-5-8-12-24(18)33(35)36/h5-12,15,17,20,25-26,30H,4,13-14,16H2,1-3H3/b29-15-,31-23+/t17-,20-,25+,26-/m1/s1. The molecule has 0 saturated carbocycles. The van der Waals surface area contributed by atoms with Crippen LogP contribution in [-0.4, -0.2) is 59.4 Å². The summed E-state index contributed by atoms with van der Waals surface area (Å²) in [5.74, 6) is -0.148. The maximum Gasteiger partial charge on any atom is 0.310 e. The monoisotopic (exact) mass is 501 g/mol. The molecule has 9 heteroatoms. The van der Waals surface area contributed by atoms with Crippen LogP contribution < -0.4 is 0 Å². The van der Waals surface area contributed by atoms with Crippen molar-refractivity contribution < 1.29 is 14.5 Å². The van der Waals surface area contributed by atoms with E-state index in [0.717, 1.165) is 40.8 Å². The number of likely N-dealkylation sites (tertiary alicyclic amines) is 1. The fraction of sp³-hybridized carbons (Fsp3) is 0.393. The molecule has 0 spiro atoms. The van der Waals surface area contributed by atoms with Gasteiger partial charge in [-0.15, -0.1) is 0 Å². The Bertz CT molecular complexity index is 1390. The Morgan fingerprint density at radius 3 is 2.73 bits per heavy atom. The fourth-order valence-electron chi connectivity index (χ4n) is 6.18. The number of nitro benzene ring substituents is 1. The van der Waals surface area contributed by atoms with Crippen molar-refractivity contribution in [2.75, 3.05) is 20.7 Å². The third kappa shape index (κ3) is 4.55. The largest absolute Gasteiger partial charge is 0.469 e. The number of nitrogens with zero attached hydrogens (tertiary/aromatic N) is 4. The van der Waals surface area contributed by atoms with Gasteiger partial charge in [0.1, 0.15) is 0 Å². The highest BCUT2D eigenvalue weighted by molar-refractivity contribution is 6.06. The number of esters is 1. The second-order valence-corrected chi connectivity index (χ2v) is 9.93. The van der Waals surface area contributed by atoms with Crippen molar-refractivity contribution in [1.29, 1.82) is 0 Å². The second-order valence-electron chi connectivity index (χ2n) is 9.93. The molecule has 2 heterocycles. The number of hydrogen-bond acceptors (Lipinski definition) is 7. The molecule has 2 aliphatic rings. The number of nitrogens with one attached hydrogen (secondary N) is 1. The SMILES string of the molecule is CC[C@@H]1CN(C)[C@H]2Cc3c([nH]c4ccccc34)/C(=N/N=C\c3ccccc3[N+](=O)[O-])C[C@H]1[C@H]2C(=O)OC. The first-order chi connectivity index (χ1) is 17.9. The van der Waals surface area contributed by atoms with E-state index in [4.69, 9.17) is 4.74 Å². The molecule has 4 atom stereocenters. The van der Waals surface area contributed by atoms with E-state index in [9.17, 15) is 14.9 Å². The summed E-state index contributed by atoms with van der Waals surface area (Å²) in [6, 6.07) is 14.6. The number of benzene rings is 2. The first-order valence-electron chi connectivity index (χ1n) is 12.6. The summed E-state index contributed by atoms with van der Waals surface area (Å²) in [5.41, 5.74) is 4.15. The lowest BCUT2D eigenvalue weighted by Gasteiger charge is -2.48. The number of aromatic amines is 1. The third-order valence-electron chi connectivity index (χ3n) is 8.02.